The van der Waals surface area contributed by atoms with E-state index in [1.165, 1.54) is 16.7 Å². The molecule has 3 atom stereocenters. The minimum atomic E-state index is -1.28. The smallest absolute Gasteiger partial charge is 0.548 e. The molecule has 2 N–H and O–H groups in total. The van der Waals surface area contributed by atoms with Gasteiger partial charge in [-0.2, -0.15) is 0 Å². The predicted octanol–water partition coefficient (Wildman–Crippen LogP) is -3.93. The molecular weight excluding hydrogens is 415 g/mol. The fourth-order valence-electron chi connectivity index (χ4n) is 3.01. The summed E-state index contributed by atoms with van der Waals surface area (Å²) in [5.41, 5.74) is 0. The van der Waals surface area contributed by atoms with Crippen molar-refractivity contribution in [3.8, 4) is 5.75 Å². The third kappa shape index (κ3) is 5.48. The van der Waals surface area contributed by atoms with Crippen LogP contribution >= 0.6 is 11.8 Å². The Morgan fingerprint density at radius 3 is 2.46 bits per heavy atom. The first-order valence-corrected chi connectivity index (χ1v) is 8.86. The molecule has 0 radical (unpaired) electrons. The standard InChI is InChI=1S/C16H18N2O5S.CH2O2.K/c1-16(2)12(15(21)22)18-13(20)11(14(18)24-16)17-10(19)8-23-9-6-4-3-5-7-9;2-1-3;/h3-7,11-12,14H,8H2,1-2H3,(H,17,19)(H,21,22);1H,(H,2,3);/q;;+1/p-1/t11-,12+,14-;;/m1../s1. The van der Waals surface area contributed by atoms with Crippen molar-refractivity contribution in [2.45, 2.75) is 36.1 Å². The number of fused-ring (bicyclic) bond motifs is 1. The number of rotatable bonds is 5. The van der Waals surface area contributed by atoms with Crippen LogP contribution in [0.4, 0.5) is 0 Å². The number of hydrogen-bond acceptors (Lipinski definition) is 7. The quantitative estimate of drug-likeness (QED) is 0.272. The SMILES string of the molecule is CC1(C)S[C@@H]2[C@H](NC(=O)COc3ccccc3)C(=O)N2[C@H]1C(=O)[O-].O=CO.[K+]. The first kappa shape index (κ1) is 24.9. The van der Waals surface area contributed by atoms with Gasteiger partial charge in [0.2, 0.25) is 5.91 Å². The number of carbonyl (C=O) groups excluding carboxylic acids is 3. The van der Waals surface area contributed by atoms with Gasteiger partial charge >= 0.3 is 51.4 Å². The minimum Gasteiger partial charge on any atom is -0.548 e. The Bertz CT molecular complexity index is 731. The summed E-state index contributed by atoms with van der Waals surface area (Å²) in [6, 6.07) is 7.14. The van der Waals surface area contributed by atoms with Gasteiger partial charge < -0.3 is 30.0 Å². The number of β-lactam (4-membered cyclic amide) rings is 1. The van der Waals surface area contributed by atoms with Crippen LogP contribution in [0.1, 0.15) is 13.8 Å². The minimum absolute atomic E-state index is 0. The third-order valence-electron chi connectivity index (χ3n) is 4.09. The average Bonchev–Trinajstić information content (AvgIpc) is 2.87. The van der Waals surface area contributed by atoms with Crippen LogP contribution in [0.5, 0.6) is 5.75 Å². The number of carboxylic acid groups (broad SMARTS) is 2. The molecule has 2 heterocycles. The zero-order valence-corrected chi connectivity index (χ0v) is 19.6. The van der Waals surface area contributed by atoms with Crippen LogP contribution in [-0.4, -0.2) is 63.1 Å². The number of nitrogens with zero attached hydrogens (tertiary/aromatic N) is 1. The van der Waals surface area contributed by atoms with Crippen LogP contribution in [0.25, 0.3) is 0 Å². The number of carboxylic acids is 1. The van der Waals surface area contributed by atoms with E-state index in [9.17, 15) is 19.5 Å². The van der Waals surface area contributed by atoms with E-state index >= 15 is 0 Å². The van der Waals surface area contributed by atoms with E-state index in [4.69, 9.17) is 14.6 Å². The van der Waals surface area contributed by atoms with Crippen LogP contribution in [0, 0.1) is 0 Å². The second-order valence-corrected chi connectivity index (χ2v) is 8.10. The molecule has 0 bridgehead atoms. The molecule has 0 unspecified atom stereocenters. The van der Waals surface area contributed by atoms with Crippen LogP contribution in [0.3, 0.4) is 0 Å². The number of carbonyl (C=O) groups is 4. The number of hydrogen-bond donors (Lipinski definition) is 2. The van der Waals surface area contributed by atoms with Crippen LogP contribution in [0.15, 0.2) is 30.3 Å². The molecule has 1 aromatic rings. The Morgan fingerprint density at radius 2 is 1.93 bits per heavy atom. The predicted molar refractivity (Wildman–Crippen MR) is 93.7 cm³/mol. The molecular formula is C17H19KN2O7S. The molecule has 11 heteroatoms. The van der Waals surface area contributed by atoms with E-state index in [-0.39, 0.29) is 64.5 Å². The molecule has 0 spiro atoms. The molecule has 9 nitrogen and oxygen atoms in total. The Labute approximate surface area is 208 Å². The first-order valence-electron chi connectivity index (χ1n) is 7.99. The van der Waals surface area contributed by atoms with Gasteiger partial charge in [-0.15, -0.1) is 11.8 Å². The molecule has 0 aromatic heterocycles. The average molecular weight is 435 g/mol. The molecule has 3 rings (SSSR count). The summed E-state index contributed by atoms with van der Waals surface area (Å²) >= 11 is 1.35. The molecule has 2 aliphatic rings. The van der Waals surface area contributed by atoms with Crippen LogP contribution < -0.4 is 66.5 Å². The van der Waals surface area contributed by atoms with E-state index < -0.39 is 40.0 Å². The summed E-state index contributed by atoms with van der Waals surface area (Å²) in [6.07, 6.45) is 0. The van der Waals surface area contributed by atoms with E-state index in [2.05, 4.69) is 5.32 Å². The fourth-order valence-corrected chi connectivity index (χ4v) is 4.63. The van der Waals surface area contributed by atoms with E-state index in [0.717, 1.165) is 0 Å². The summed E-state index contributed by atoms with van der Waals surface area (Å²) in [7, 11) is 0. The number of ether oxygens (including phenoxy) is 1. The molecule has 2 aliphatic heterocycles. The van der Waals surface area contributed by atoms with Crippen molar-refractivity contribution in [1.82, 2.24) is 10.2 Å². The largest absolute Gasteiger partial charge is 1.00 e. The Hall–Kier alpha value is -1.11. The number of aliphatic carboxylic acids is 1. The number of thioether (sulfide) groups is 1. The molecule has 0 aliphatic carbocycles. The zero-order chi connectivity index (χ0) is 20.2. The molecule has 146 valence electrons. The van der Waals surface area contributed by atoms with E-state index in [0.29, 0.717) is 5.75 Å². The summed E-state index contributed by atoms with van der Waals surface area (Å²) in [5, 5.41) is 20.4. The monoisotopic (exact) mass is 434 g/mol. The van der Waals surface area contributed by atoms with Gasteiger partial charge in [-0.05, 0) is 26.0 Å². The van der Waals surface area contributed by atoms with Gasteiger partial charge in [0, 0.05) is 4.75 Å². The number of amides is 2. The molecule has 2 amide bonds. The maximum Gasteiger partial charge on any atom is 1.00 e. The van der Waals surface area contributed by atoms with Gasteiger partial charge in [0.25, 0.3) is 12.4 Å². The zero-order valence-electron chi connectivity index (χ0n) is 15.7. The molecule has 0 saturated carbocycles. The fraction of sp³-hybridized carbons (Fsp3) is 0.412. The van der Waals surface area contributed by atoms with Gasteiger partial charge in [0.1, 0.15) is 17.2 Å². The van der Waals surface area contributed by atoms with Gasteiger partial charge in [-0.3, -0.25) is 14.4 Å². The van der Waals surface area contributed by atoms with Crippen LogP contribution in [-0.2, 0) is 19.2 Å². The van der Waals surface area contributed by atoms with Crippen molar-refractivity contribution < 1.29 is 85.5 Å². The van der Waals surface area contributed by atoms with Crippen molar-refractivity contribution in [3.63, 3.8) is 0 Å². The molecule has 1 aromatic carbocycles. The van der Waals surface area contributed by atoms with Gasteiger partial charge in [0.05, 0.1) is 12.0 Å². The normalized spacial score (nSPS) is 23.7. The number of nitrogens with one attached hydrogen (secondary N) is 1. The van der Waals surface area contributed by atoms with Gasteiger partial charge in [-0.1, -0.05) is 18.2 Å². The summed E-state index contributed by atoms with van der Waals surface area (Å²) in [5.74, 6) is -1.55. The van der Waals surface area contributed by atoms with Crippen molar-refractivity contribution in [3.05, 3.63) is 30.3 Å². The number of para-hydroxylation sites is 1. The first-order chi connectivity index (χ1) is 12.7. The van der Waals surface area contributed by atoms with Gasteiger partial charge in [-0.25, -0.2) is 0 Å². The van der Waals surface area contributed by atoms with E-state index in [1.54, 1.807) is 38.1 Å². The summed E-state index contributed by atoms with van der Waals surface area (Å²) in [4.78, 5) is 45.2. The van der Waals surface area contributed by atoms with Crippen molar-refractivity contribution in [2.75, 3.05) is 6.61 Å². The third-order valence-corrected chi connectivity index (χ3v) is 5.67. The second kappa shape index (κ2) is 10.6. The molecule has 2 fully saturated rings. The maximum atomic E-state index is 12.2. The second-order valence-electron chi connectivity index (χ2n) is 6.33. The van der Waals surface area contributed by atoms with Crippen LogP contribution in [0.2, 0.25) is 0 Å². The van der Waals surface area contributed by atoms with Gasteiger partial charge in [0.15, 0.2) is 6.61 Å². The van der Waals surface area contributed by atoms with E-state index in [1.807, 2.05) is 6.07 Å². The maximum absolute atomic E-state index is 12.2. The topological polar surface area (TPSA) is 136 Å². The Balaban J connectivity index is 0.000000921. The number of benzene rings is 1. The Morgan fingerprint density at radius 1 is 1.36 bits per heavy atom. The van der Waals surface area contributed by atoms with Crippen molar-refractivity contribution in [2.24, 2.45) is 0 Å². The molecule has 2 saturated heterocycles. The summed E-state index contributed by atoms with van der Waals surface area (Å²) < 4.78 is 4.67. The van der Waals surface area contributed by atoms with Crippen molar-refractivity contribution >= 4 is 36.0 Å². The summed E-state index contributed by atoms with van der Waals surface area (Å²) in [6.45, 7) is 3.04. The Kier molecular flexibility index (Phi) is 9.44. The molecule has 28 heavy (non-hydrogen) atoms. The van der Waals surface area contributed by atoms with Crippen molar-refractivity contribution in [1.29, 1.82) is 0 Å².